The first kappa shape index (κ1) is 22.3. The van der Waals surface area contributed by atoms with Crippen LogP contribution in [0.5, 0.6) is 11.5 Å². The van der Waals surface area contributed by atoms with Gasteiger partial charge in [0.2, 0.25) is 0 Å². The molecule has 162 valence electrons. The molecule has 0 aliphatic heterocycles. The minimum Gasteiger partial charge on any atom is -0.503 e. The van der Waals surface area contributed by atoms with Crippen molar-refractivity contribution in [1.29, 1.82) is 0 Å². The first-order valence-corrected chi connectivity index (χ1v) is 9.63. The number of nitro benzene ring substituents is 1. The number of para-hydroxylation sites is 1. The van der Waals surface area contributed by atoms with E-state index in [9.17, 15) is 14.9 Å². The van der Waals surface area contributed by atoms with E-state index in [1.54, 1.807) is 42.5 Å². The summed E-state index contributed by atoms with van der Waals surface area (Å²) in [7, 11) is 2.75. The molecule has 0 spiro atoms. The molecule has 7 nitrogen and oxygen atoms in total. The van der Waals surface area contributed by atoms with E-state index in [0.29, 0.717) is 17.1 Å². The molecule has 0 atom stereocenters. The van der Waals surface area contributed by atoms with E-state index in [-0.39, 0.29) is 11.3 Å². The van der Waals surface area contributed by atoms with Gasteiger partial charge in [0.1, 0.15) is 17.1 Å². The van der Waals surface area contributed by atoms with Crippen LogP contribution in [0.25, 0.3) is 17.7 Å². The number of carbonyl (C=O) groups is 1. The Morgan fingerprint density at radius 3 is 2.31 bits per heavy atom. The highest BCUT2D eigenvalue weighted by Crippen LogP contribution is 2.31. The van der Waals surface area contributed by atoms with Gasteiger partial charge in [-0.05, 0) is 41.5 Å². The third-order valence-corrected chi connectivity index (χ3v) is 4.48. The number of rotatable bonds is 8. The monoisotopic (exact) mass is 431 g/mol. The van der Waals surface area contributed by atoms with Gasteiger partial charge in [-0.15, -0.1) is 0 Å². The molecule has 0 aliphatic rings. The fourth-order valence-corrected chi connectivity index (χ4v) is 2.94. The number of hydrogen-bond donors (Lipinski definition) is 0. The number of nitrogens with zero attached hydrogens (tertiary/aromatic N) is 1. The van der Waals surface area contributed by atoms with Gasteiger partial charge >= 0.3 is 5.97 Å². The summed E-state index contributed by atoms with van der Waals surface area (Å²) in [6, 6.07) is 20.8. The van der Waals surface area contributed by atoms with Crippen LogP contribution in [-0.2, 0) is 14.3 Å². The molecule has 0 radical (unpaired) electrons. The summed E-state index contributed by atoms with van der Waals surface area (Å²) in [6.45, 7) is 0. The molecule has 32 heavy (non-hydrogen) atoms. The summed E-state index contributed by atoms with van der Waals surface area (Å²) in [5.41, 5.74) is 2.52. The van der Waals surface area contributed by atoms with Crippen LogP contribution in [0.3, 0.4) is 0 Å². The Balaban J connectivity index is 1.83. The Kier molecular flexibility index (Phi) is 7.37. The van der Waals surface area contributed by atoms with Crippen molar-refractivity contribution in [1.82, 2.24) is 0 Å². The highest BCUT2D eigenvalue weighted by Gasteiger charge is 2.18. The van der Waals surface area contributed by atoms with Gasteiger partial charge in [-0.25, -0.2) is 4.79 Å². The van der Waals surface area contributed by atoms with E-state index in [1.165, 1.54) is 32.6 Å². The molecular formula is C25H21NO6. The lowest BCUT2D eigenvalue weighted by Gasteiger charge is -2.13. The highest BCUT2D eigenvalue weighted by atomic mass is 16.6. The van der Waals surface area contributed by atoms with Crippen LogP contribution in [0.2, 0.25) is 0 Å². The summed E-state index contributed by atoms with van der Waals surface area (Å²) in [5.74, 6) is 0.505. The molecule has 3 aromatic carbocycles. The maximum absolute atomic E-state index is 12.2. The van der Waals surface area contributed by atoms with Crippen LogP contribution in [0.15, 0.2) is 79.1 Å². The van der Waals surface area contributed by atoms with Gasteiger partial charge in [0.25, 0.3) is 5.69 Å². The number of esters is 1. The van der Waals surface area contributed by atoms with Crippen molar-refractivity contribution in [3.8, 4) is 11.5 Å². The van der Waals surface area contributed by atoms with Crippen molar-refractivity contribution in [2.75, 3.05) is 14.2 Å². The second kappa shape index (κ2) is 10.6. The minimum atomic E-state index is -0.539. The molecule has 3 aromatic rings. The molecule has 0 aromatic heterocycles. The number of methoxy groups -OCH3 is 2. The molecule has 3 rings (SSSR count). The zero-order chi connectivity index (χ0) is 22.9. The number of nitro groups is 1. The quantitative estimate of drug-likeness (QED) is 0.113. The number of non-ortho nitro benzene ring substituents is 1. The molecule has 0 heterocycles. The first-order valence-electron chi connectivity index (χ1n) is 9.63. The molecule has 0 saturated carbocycles. The lowest BCUT2D eigenvalue weighted by atomic mass is 10.1. The first-order chi connectivity index (χ1) is 15.5. The van der Waals surface area contributed by atoms with Crippen molar-refractivity contribution in [3.63, 3.8) is 0 Å². The SMILES string of the molecule is CO/C=C(/C(=O)OC)c1ccccc1Oc1cccc(/C=C\c2ccc([N+](=O)[O-])cc2)c1. The number of benzene rings is 3. The second-order valence-electron chi connectivity index (χ2n) is 6.61. The molecule has 0 bridgehead atoms. The zero-order valence-electron chi connectivity index (χ0n) is 17.6. The Hall–Kier alpha value is -4.39. The van der Waals surface area contributed by atoms with E-state index >= 15 is 0 Å². The van der Waals surface area contributed by atoms with Gasteiger partial charge < -0.3 is 14.2 Å². The molecule has 0 fully saturated rings. The van der Waals surface area contributed by atoms with Gasteiger partial charge in [0.15, 0.2) is 0 Å². The number of hydrogen-bond acceptors (Lipinski definition) is 6. The predicted molar refractivity (Wildman–Crippen MR) is 122 cm³/mol. The van der Waals surface area contributed by atoms with Crippen molar-refractivity contribution < 1.29 is 23.9 Å². The van der Waals surface area contributed by atoms with Crippen LogP contribution in [-0.4, -0.2) is 25.1 Å². The van der Waals surface area contributed by atoms with Crippen LogP contribution < -0.4 is 4.74 Å². The van der Waals surface area contributed by atoms with Gasteiger partial charge in [0, 0.05) is 17.7 Å². The smallest absolute Gasteiger partial charge is 0.341 e. The summed E-state index contributed by atoms with van der Waals surface area (Å²) < 4.78 is 15.9. The van der Waals surface area contributed by atoms with Crippen molar-refractivity contribution >= 4 is 29.4 Å². The maximum Gasteiger partial charge on any atom is 0.341 e. The Morgan fingerprint density at radius 2 is 1.62 bits per heavy atom. The second-order valence-corrected chi connectivity index (χ2v) is 6.61. The summed E-state index contributed by atoms with van der Waals surface area (Å²) in [6.07, 6.45) is 5.05. The van der Waals surface area contributed by atoms with E-state index in [0.717, 1.165) is 11.1 Å². The van der Waals surface area contributed by atoms with Crippen molar-refractivity contribution in [2.24, 2.45) is 0 Å². The molecule has 7 heteroatoms. The third kappa shape index (κ3) is 5.60. The summed E-state index contributed by atoms with van der Waals surface area (Å²) >= 11 is 0. The molecule has 0 amide bonds. The lowest BCUT2D eigenvalue weighted by Crippen LogP contribution is -2.05. The van der Waals surface area contributed by atoms with Crippen molar-refractivity contribution in [2.45, 2.75) is 0 Å². The zero-order valence-corrected chi connectivity index (χ0v) is 17.6. The predicted octanol–water partition coefficient (Wildman–Crippen LogP) is 5.72. The molecule has 0 saturated heterocycles. The largest absolute Gasteiger partial charge is 0.503 e. The highest BCUT2D eigenvalue weighted by molar-refractivity contribution is 6.17. The lowest BCUT2D eigenvalue weighted by molar-refractivity contribution is -0.384. The van der Waals surface area contributed by atoms with E-state index in [2.05, 4.69) is 0 Å². The van der Waals surface area contributed by atoms with E-state index in [1.807, 2.05) is 30.4 Å². The Bertz CT molecular complexity index is 1170. The van der Waals surface area contributed by atoms with Gasteiger partial charge in [-0.2, -0.15) is 0 Å². The fraction of sp³-hybridized carbons (Fsp3) is 0.0800. The summed E-state index contributed by atoms with van der Waals surface area (Å²) in [4.78, 5) is 22.5. The number of carbonyl (C=O) groups excluding carboxylic acids is 1. The summed E-state index contributed by atoms with van der Waals surface area (Å²) in [5, 5.41) is 10.8. The normalized spacial score (nSPS) is 11.2. The average molecular weight is 431 g/mol. The van der Waals surface area contributed by atoms with Crippen LogP contribution in [0.4, 0.5) is 5.69 Å². The minimum absolute atomic E-state index is 0.0464. The van der Waals surface area contributed by atoms with Crippen molar-refractivity contribution in [3.05, 3.63) is 106 Å². The van der Waals surface area contributed by atoms with Gasteiger partial charge in [0.05, 0.1) is 25.4 Å². The molecule has 0 aliphatic carbocycles. The van der Waals surface area contributed by atoms with Gasteiger partial charge in [-0.3, -0.25) is 10.1 Å². The topological polar surface area (TPSA) is 87.9 Å². The standard InChI is InChI=1S/C25H21NO6/c1-30-17-23(25(27)31-2)22-8-3-4-9-24(22)32-21-7-5-6-19(16-21)11-10-18-12-14-20(15-13-18)26(28)29/h3-17H,1-2H3/b11-10-,23-17+. The van der Waals surface area contributed by atoms with Crippen LogP contribution in [0.1, 0.15) is 16.7 Å². The van der Waals surface area contributed by atoms with Gasteiger partial charge in [-0.1, -0.05) is 42.5 Å². The molecule has 0 N–H and O–H groups in total. The maximum atomic E-state index is 12.2. The Labute approximate surface area is 185 Å². The van der Waals surface area contributed by atoms with E-state index in [4.69, 9.17) is 14.2 Å². The Morgan fingerprint density at radius 1 is 0.906 bits per heavy atom. The third-order valence-electron chi connectivity index (χ3n) is 4.48. The fourth-order valence-electron chi connectivity index (χ4n) is 2.94. The molecule has 0 unspecified atom stereocenters. The number of ether oxygens (including phenoxy) is 3. The van der Waals surface area contributed by atoms with Crippen LogP contribution in [0, 0.1) is 10.1 Å². The average Bonchev–Trinajstić information content (AvgIpc) is 2.82. The van der Waals surface area contributed by atoms with Crippen LogP contribution >= 0.6 is 0 Å². The van der Waals surface area contributed by atoms with E-state index < -0.39 is 10.9 Å². The molecular weight excluding hydrogens is 410 g/mol.